The molecule has 0 saturated carbocycles. The summed E-state index contributed by atoms with van der Waals surface area (Å²) < 4.78 is 43.4. The number of rotatable bonds is 7. The molecule has 5 aromatic rings. The molecule has 0 bridgehead atoms. The maximum Gasteiger partial charge on any atom is 0.573 e. The Balaban J connectivity index is 1.09. The molecule has 1 amide bonds. The third-order valence-electron chi connectivity index (χ3n) is 8.44. The first-order valence-corrected chi connectivity index (χ1v) is 15.0. The molecule has 3 heterocycles. The predicted octanol–water partition coefficient (Wildman–Crippen LogP) is 8.15. The number of carbonyl (C=O) groups excluding carboxylic acids is 1. The van der Waals surface area contributed by atoms with Crippen LogP contribution in [0.15, 0.2) is 72.8 Å². The molecule has 0 spiro atoms. The van der Waals surface area contributed by atoms with Crippen LogP contribution in [0.4, 0.5) is 19.0 Å². The van der Waals surface area contributed by atoms with Crippen molar-refractivity contribution in [2.75, 3.05) is 18.0 Å². The number of piperidine rings is 1. The largest absolute Gasteiger partial charge is 0.573 e. The molecule has 0 radical (unpaired) electrons. The molecular weight excluding hydrogens is 589 g/mol. The molecule has 10 heteroatoms. The van der Waals surface area contributed by atoms with Gasteiger partial charge in [0.2, 0.25) is 0 Å². The fourth-order valence-corrected chi connectivity index (χ4v) is 6.41. The van der Waals surface area contributed by atoms with E-state index in [0.29, 0.717) is 17.1 Å². The van der Waals surface area contributed by atoms with Crippen LogP contribution in [0.5, 0.6) is 5.75 Å². The third kappa shape index (κ3) is 6.19. The van der Waals surface area contributed by atoms with E-state index >= 15 is 0 Å². The number of aromatic nitrogens is 2. The van der Waals surface area contributed by atoms with Gasteiger partial charge in [0.1, 0.15) is 11.6 Å². The molecule has 1 fully saturated rings. The zero-order chi connectivity index (χ0) is 31.0. The number of hydrogen-bond donors (Lipinski definition) is 1. The quantitative estimate of drug-likeness (QED) is 0.199. The summed E-state index contributed by atoms with van der Waals surface area (Å²) in [6.45, 7) is 4.02. The SMILES string of the molecule is CCc1c(C(=O)NCc2ccc3nc(N4CCC(c5ccc(OC(F)(F)F)cc5)CC4)ccc3c2)c2cc(Cl)ccc2n1C. The Morgan fingerprint density at radius 2 is 1.77 bits per heavy atom. The molecule has 44 heavy (non-hydrogen) atoms. The van der Waals surface area contributed by atoms with E-state index in [9.17, 15) is 18.0 Å². The van der Waals surface area contributed by atoms with Crippen molar-refractivity contribution in [1.29, 1.82) is 0 Å². The second-order valence-corrected chi connectivity index (χ2v) is 11.6. The van der Waals surface area contributed by atoms with Crippen molar-refractivity contribution >= 4 is 45.1 Å². The normalized spacial score (nSPS) is 14.4. The molecule has 0 unspecified atom stereocenters. The van der Waals surface area contributed by atoms with Crippen molar-refractivity contribution < 1.29 is 22.7 Å². The second-order valence-electron chi connectivity index (χ2n) is 11.2. The molecule has 6 nitrogen and oxygen atoms in total. The minimum absolute atomic E-state index is 0.128. The van der Waals surface area contributed by atoms with Gasteiger partial charge in [-0.25, -0.2) is 4.98 Å². The number of alkyl halides is 3. The van der Waals surface area contributed by atoms with Crippen molar-refractivity contribution in [2.45, 2.75) is 45.0 Å². The van der Waals surface area contributed by atoms with Crippen molar-refractivity contribution in [3.63, 3.8) is 0 Å². The van der Waals surface area contributed by atoms with Gasteiger partial charge in [-0.2, -0.15) is 0 Å². The fraction of sp³-hybridized carbons (Fsp3) is 0.294. The molecule has 6 rings (SSSR count). The number of carbonyl (C=O) groups is 1. The number of anilines is 1. The van der Waals surface area contributed by atoms with Crippen LogP contribution in [0.25, 0.3) is 21.8 Å². The number of pyridine rings is 1. The van der Waals surface area contributed by atoms with Crippen molar-refractivity contribution in [2.24, 2.45) is 7.05 Å². The number of benzene rings is 3. The Kier molecular flexibility index (Phi) is 8.16. The Hall–Kier alpha value is -4.24. The van der Waals surface area contributed by atoms with E-state index < -0.39 is 6.36 Å². The maximum atomic E-state index is 13.4. The lowest BCUT2D eigenvalue weighted by molar-refractivity contribution is -0.274. The molecule has 2 aromatic heterocycles. The van der Waals surface area contributed by atoms with Gasteiger partial charge >= 0.3 is 6.36 Å². The van der Waals surface area contributed by atoms with Crippen molar-refractivity contribution in [1.82, 2.24) is 14.9 Å². The van der Waals surface area contributed by atoms with Gasteiger partial charge in [-0.05, 0) is 90.9 Å². The van der Waals surface area contributed by atoms with Crippen molar-refractivity contribution in [3.8, 4) is 5.75 Å². The van der Waals surface area contributed by atoms with E-state index in [4.69, 9.17) is 16.6 Å². The maximum absolute atomic E-state index is 13.4. The van der Waals surface area contributed by atoms with Gasteiger partial charge in [-0.3, -0.25) is 4.79 Å². The predicted molar refractivity (Wildman–Crippen MR) is 168 cm³/mol. The Bertz CT molecular complexity index is 1830. The summed E-state index contributed by atoms with van der Waals surface area (Å²) >= 11 is 6.26. The summed E-state index contributed by atoms with van der Waals surface area (Å²) in [5.41, 5.74) is 5.46. The fourth-order valence-electron chi connectivity index (χ4n) is 6.24. The van der Waals surface area contributed by atoms with Gasteiger partial charge in [-0.15, -0.1) is 13.2 Å². The molecule has 1 N–H and O–H groups in total. The van der Waals surface area contributed by atoms with E-state index in [1.165, 1.54) is 12.1 Å². The van der Waals surface area contributed by atoms with Crippen LogP contribution in [-0.4, -0.2) is 34.9 Å². The van der Waals surface area contributed by atoms with Crippen molar-refractivity contribution in [3.05, 3.63) is 100 Å². The lowest BCUT2D eigenvalue weighted by atomic mass is 9.89. The van der Waals surface area contributed by atoms with Gasteiger partial charge in [0, 0.05) is 53.7 Å². The lowest BCUT2D eigenvalue weighted by Crippen LogP contribution is -2.33. The summed E-state index contributed by atoms with van der Waals surface area (Å²) in [6, 6.07) is 21.9. The highest BCUT2D eigenvalue weighted by Crippen LogP contribution is 2.33. The first kappa shape index (κ1) is 29.8. The first-order valence-electron chi connectivity index (χ1n) is 14.6. The van der Waals surface area contributed by atoms with E-state index in [1.807, 2.05) is 56.4 Å². The monoisotopic (exact) mass is 620 g/mol. The molecule has 3 aromatic carbocycles. The Morgan fingerprint density at radius 1 is 1.02 bits per heavy atom. The van der Waals surface area contributed by atoms with Gasteiger partial charge in [0.25, 0.3) is 5.91 Å². The molecule has 0 aliphatic carbocycles. The molecular formula is C34H32ClF3N4O2. The van der Waals surface area contributed by atoms with Gasteiger partial charge in [-0.1, -0.05) is 36.7 Å². The van der Waals surface area contributed by atoms with Crippen LogP contribution in [0, 0.1) is 0 Å². The van der Waals surface area contributed by atoms with E-state index in [2.05, 4.69) is 25.6 Å². The summed E-state index contributed by atoms with van der Waals surface area (Å²) in [6.07, 6.45) is -2.22. The topological polar surface area (TPSA) is 59.4 Å². The number of amides is 1. The highest BCUT2D eigenvalue weighted by molar-refractivity contribution is 6.31. The van der Waals surface area contributed by atoms with Gasteiger partial charge in [0.15, 0.2) is 0 Å². The number of nitrogens with one attached hydrogen (secondary N) is 1. The van der Waals surface area contributed by atoms with Crippen LogP contribution in [-0.2, 0) is 20.0 Å². The van der Waals surface area contributed by atoms with Crippen LogP contribution in [0.3, 0.4) is 0 Å². The van der Waals surface area contributed by atoms with Crippen LogP contribution in [0.1, 0.15) is 52.9 Å². The third-order valence-corrected chi connectivity index (χ3v) is 8.68. The number of halogens is 4. The highest BCUT2D eigenvalue weighted by Gasteiger charge is 2.31. The van der Waals surface area contributed by atoms with Crippen LogP contribution in [0.2, 0.25) is 5.02 Å². The highest BCUT2D eigenvalue weighted by atomic mass is 35.5. The number of nitrogens with zero attached hydrogens (tertiary/aromatic N) is 3. The number of aryl methyl sites for hydroxylation is 1. The van der Waals surface area contributed by atoms with Crippen LogP contribution >= 0.6 is 11.6 Å². The number of ether oxygens (including phenoxy) is 1. The van der Waals surface area contributed by atoms with E-state index in [0.717, 1.165) is 76.8 Å². The van der Waals surface area contributed by atoms with E-state index in [1.54, 1.807) is 12.1 Å². The average molecular weight is 621 g/mol. The zero-order valence-corrected chi connectivity index (χ0v) is 25.2. The molecule has 1 saturated heterocycles. The number of hydrogen-bond acceptors (Lipinski definition) is 4. The number of fused-ring (bicyclic) bond motifs is 2. The molecule has 228 valence electrons. The van der Waals surface area contributed by atoms with Gasteiger partial charge < -0.3 is 19.5 Å². The average Bonchev–Trinajstić information content (AvgIpc) is 3.29. The summed E-state index contributed by atoms with van der Waals surface area (Å²) in [5.74, 6) is 0.832. The lowest BCUT2D eigenvalue weighted by Gasteiger charge is -2.33. The van der Waals surface area contributed by atoms with Crippen LogP contribution < -0.4 is 15.0 Å². The smallest absolute Gasteiger partial charge is 0.406 e. The second kappa shape index (κ2) is 12.0. The standard InChI is InChI=1S/C34H32ClF3N4O2/c1-3-29-32(27-19-25(35)8-12-30(27)41(29)2)33(43)39-20-21-4-11-28-24(18-21)7-13-31(40-28)42-16-14-23(15-17-42)22-5-9-26(10-6-22)44-34(36,37)38/h4-13,18-19,23H,3,14-17,20H2,1-2H3,(H,39,43). The van der Waals surface area contributed by atoms with E-state index in [-0.39, 0.29) is 17.6 Å². The summed E-state index contributed by atoms with van der Waals surface area (Å²) in [4.78, 5) is 20.5. The zero-order valence-electron chi connectivity index (χ0n) is 24.4. The first-order chi connectivity index (χ1) is 21.1. The Morgan fingerprint density at radius 3 is 2.48 bits per heavy atom. The van der Waals surface area contributed by atoms with Gasteiger partial charge in [0.05, 0.1) is 11.1 Å². The summed E-state index contributed by atoms with van der Waals surface area (Å²) in [7, 11) is 1.97. The Labute approximate surface area is 258 Å². The molecule has 0 atom stereocenters. The summed E-state index contributed by atoms with van der Waals surface area (Å²) in [5, 5.41) is 5.53. The minimum atomic E-state index is -4.69. The molecule has 1 aliphatic rings. The molecule has 1 aliphatic heterocycles. The minimum Gasteiger partial charge on any atom is -0.406 e.